The highest BCUT2D eigenvalue weighted by Gasteiger charge is 2.55. The predicted molar refractivity (Wildman–Crippen MR) is 73.4 cm³/mol. The number of hydrogen-bond acceptors (Lipinski definition) is 2. The quantitative estimate of drug-likeness (QED) is 0.909. The van der Waals surface area contributed by atoms with Gasteiger partial charge in [-0.2, -0.15) is 0 Å². The minimum absolute atomic E-state index is 0.154. The number of hydrogen-bond donors (Lipinski definition) is 1. The van der Waals surface area contributed by atoms with Crippen molar-refractivity contribution in [3.05, 3.63) is 28.7 Å². The average molecular weight is 315 g/mol. The summed E-state index contributed by atoms with van der Waals surface area (Å²) in [5, 5.41) is 9.40. The van der Waals surface area contributed by atoms with Gasteiger partial charge in [0.25, 0.3) is 0 Å². The minimum Gasteiger partial charge on any atom is -0.480 e. The van der Waals surface area contributed by atoms with Crippen LogP contribution < -0.4 is 0 Å². The van der Waals surface area contributed by atoms with Gasteiger partial charge < -0.3 is 5.11 Å². The monoisotopic (exact) mass is 314 g/mol. The summed E-state index contributed by atoms with van der Waals surface area (Å²) < 4.78 is 0.386. The van der Waals surface area contributed by atoms with E-state index in [4.69, 9.17) is 0 Å². The molecule has 92 valence electrons. The lowest BCUT2D eigenvalue weighted by Gasteiger charge is -2.49. The SMILES string of the molecule is CC1(C)CC(Sc2ccc(Br)cc2)(C(=O)O)C1. The highest BCUT2D eigenvalue weighted by Crippen LogP contribution is 2.57. The smallest absolute Gasteiger partial charge is 0.320 e. The van der Waals surface area contributed by atoms with Crippen molar-refractivity contribution >= 4 is 33.7 Å². The van der Waals surface area contributed by atoms with Crippen molar-refractivity contribution in [2.45, 2.75) is 36.3 Å². The number of carbonyl (C=O) groups is 1. The van der Waals surface area contributed by atoms with Crippen molar-refractivity contribution in [1.82, 2.24) is 0 Å². The Balaban J connectivity index is 2.15. The van der Waals surface area contributed by atoms with Crippen LogP contribution in [-0.2, 0) is 4.79 Å². The van der Waals surface area contributed by atoms with E-state index in [-0.39, 0.29) is 5.41 Å². The standard InChI is InChI=1S/C13H15BrO2S/c1-12(2)7-13(8-12,11(15)16)17-10-5-3-9(14)4-6-10/h3-6H,7-8H2,1-2H3,(H,15,16). The molecule has 0 spiro atoms. The Morgan fingerprint density at radius 2 is 1.82 bits per heavy atom. The van der Waals surface area contributed by atoms with E-state index < -0.39 is 10.7 Å². The summed E-state index contributed by atoms with van der Waals surface area (Å²) in [6.45, 7) is 4.24. The van der Waals surface area contributed by atoms with E-state index in [1.807, 2.05) is 24.3 Å². The van der Waals surface area contributed by atoms with Crippen LogP contribution in [0, 0.1) is 5.41 Å². The van der Waals surface area contributed by atoms with Gasteiger partial charge in [0, 0.05) is 9.37 Å². The fraction of sp³-hybridized carbons (Fsp3) is 0.462. The van der Waals surface area contributed by atoms with Crippen molar-refractivity contribution in [1.29, 1.82) is 0 Å². The van der Waals surface area contributed by atoms with Gasteiger partial charge in [0.15, 0.2) is 0 Å². The van der Waals surface area contributed by atoms with Crippen LogP contribution >= 0.6 is 27.7 Å². The minimum atomic E-state index is -0.690. The van der Waals surface area contributed by atoms with E-state index in [9.17, 15) is 9.90 Å². The maximum absolute atomic E-state index is 11.4. The summed E-state index contributed by atoms with van der Waals surface area (Å²) in [5.41, 5.74) is 0.154. The third-order valence-electron chi connectivity index (χ3n) is 3.04. The first kappa shape index (κ1) is 13.0. The molecule has 1 aliphatic carbocycles. The number of aliphatic carboxylic acids is 1. The molecule has 1 aromatic rings. The van der Waals surface area contributed by atoms with Gasteiger partial charge in [-0.1, -0.05) is 29.8 Å². The van der Waals surface area contributed by atoms with Crippen molar-refractivity contribution in [3.63, 3.8) is 0 Å². The Morgan fingerprint density at radius 1 is 1.29 bits per heavy atom. The van der Waals surface area contributed by atoms with Crippen LogP contribution in [0.3, 0.4) is 0 Å². The van der Waals surface area contributed by atoms with Gasteiger partial charge in [-0.05, 0) is 42.5 Å². The summed E-state index contributed by atoms with van der Waals surface area (Å²) in [6.07, 6.45) is 1.46. The number of carboxylic acid groups (broad SMARTS) is 1. The molecule has 1 saturated carbocycles. The third kappa shape index (κ3) is 2.68. The van der Waals surface area contributed by atoms with E-state index >= 15 is 0 Å². The van der Waals surface area contributed by atoms with Gasteiger partial charge in [0.2, 0.25) is 0 Å². The zero-order chi connectivity index (χ0) is 12.7. The van der Waals surface area contributed by atoms with E-state index in [2.05, 4.69) is 29.8 Å². The summed E-state index contributed by atoms with van der Waals surface area (Å²) in [5.74, 6) is -0.690. The van der Waals surface area contributed by atoms with Crippen LogP contribution in [0.15, 0.2) is 33.6 Å². The molecular weight excluding hydrogens is 300 g/mol. The second kappa shape index (κ2) is 4.32. The Kier molecular flexibility index (Phi) is 3.29. The van der Waals surface area contributed by atoms with Crippen molar-refractivity contribution in [3.8, 4) is 0 Å². The zero-order valence-corrected chi connectivity index (χ0v) is 12.3. The Morgan fingerprint density at radius 3 is 2.24 bits per heavy atom. The van der Waals surface area contributed by atoms with E-state index in [0.717, 1.165) is 22.2 Å². The van der Waals surface area contributed by atoms with Crippen LogP contribution in [-0.4, -0.2) is 15.8 Å². The normalized spacial score (nSPS) is 20.6. The van der Waals surface area contributed by atoms with Crippen LogP contribution in [0.25, 0.3) is 0 Å². The molecule has 0 aliphatic heterocycles. The van der Waals surface area contributed by atoms with Gasteiger partial charge >= 0.3 is 5.97 Å². The topological polar surface area (TPSA) is 37.3 Å². The Bertz CT molecular complexity index is 431. The lowest BCUT2D eigenvalue weighted by Crippen LogP contribution is -2.52. The lowest BCUT2D eigenvalue weighted by atomic mass is 9.64. The maximum Gasteiger partial charge on any atom is 0.320 e. The number of rotatable bonds is 3. The first-order valence-corrected chi connectivity index (χ1v) is 7.12. The average Bonchev–Trinajstić information content (AvgIpc) is 2.18. The molecule has 4 heteroatoms. The molecule has 1 N–H and O–H groups in total. The van der Waals surface area contributed by atoms with Crippen LogP contribution in [0.2, 0.25) is 0 Å². The van der Waals surface area contributed by atoms with Gasteiger partial charge in [0.05, 0.1) is 0 Å². The molecule has 17 heavy (non-hydrogen) atoms. The van der Waals surface area contributed by atoms with Gasteiger partial charge in [-0.25, -0.2) is 0 Å². The molecule has 0 bridgehead atoms. The summed E-state index contributed by atoms with van der Waals surface area (Å²) in [6, 6.07) is 7.82. The molecule has 1 fully saturated rings. The summed E-state index contributed by atoms with van der Waals surface area (Å²) in [4.78, 5) is 12.5. The van der Waals surface area contributed by atoms with E-state index in [1.165, 1.54) is 11.8 Å². The molecule has 0 amide bonds. The fourth-order valence-corrected chi connectivity index (χ4v) is 4.49. The first-order chi connectivity index (χ1) is 7.83. The summed E-state index contributed by atoms with van der Waals surface area (Å²) >= 11 is 4.85. The number of benzene rings is 1. The molecule has 1 aliphatic rings. The Labute approximate surface area is 114 Å². The molecular formula is C13H15BrO2S. The predicted octanol–water partition coefficient (Wildman–Crippen LogP) is 4.18. The Hall–Kier alpha value is -0.480. The zero-order valence-electron chi connectivity index (χ0n) is 9.87. The van der Waals surface area contributed by atoms with Gasteiger partial charge in [-0.3, -0.25) is 4.79 Å². The highest BCUT2D eigenvalue weighted by molar-refractivity contribution is 9.10. The third-order valence-corrected chi connectivity index (χ3v) is 4.94. The fourth-order valence-electron chi connectivity index (χ4n) is 2.49. The number of carboxylic acids is 1. The first-order valence-electron chi connectivity index (χ1n) is 5.51. The molecule has 0 heterocycles. The van der Waals surface area contributed by atoms with Crippen LogP contribution in [0.4, 0.5) is 0 Å². The van der Waals surface area contributed by atoms with Crippen molar-refractivity contribution in [2.24, 2.45) is 5.41 Å². The van der Waals surface area contributed by atoms with Crippen LogP contribution in [0.1, 0.15) is 26.7 Å². The molecule has 0 unspecified atom stereocenters. The lowest BCUT2D eigenvalue weighted by molar-refractivity contribution is -0.145. The van der Waals surface area contributed by atoms with Gasteiger partial charge in [0.1, 0.15) is 4.75 Å². The second-order valence-electron chi connectivity index (χ2n) is 5.37. The molecule has 2 rings (SSSR count). The highest BCUT2D eigenvalue weighted by atomic mass is 79.9. The van der Waals surface area contributed by atoms with Crippen molar-refractivity contribution < 1.29 is 9.90 Å². The summed E-state index contributed by atoms with van der Waals surface area (Å²) in [7, 11) is 0. The molecule has 0 radical (unpaired) electrons. The molecule has 0 saturated heterocycles. The molecule has 0 atom stereocenters. The number of thioether (sulfide) groups is 1. The second-order valence-corrected chi connectivity index (χ2v) is 7.75. The van der Waals surface area contributed by atoms with Crippen LogP contribution in [0.5, 0.6) is 0 Å². The largest absolute Gasteiger partial charge is 0.480 e. The van der Waals surface area contributed by atoms with E-state index in [0.29, 0.717) is 0 Å². The molecule has 2 nitrogen and oxygen atoms in total. The molecule has 0 aromatic heterocycles. The maximum atomic E-state index is 11.4. The molecule has 1 aromatic carbocycles. The van der Waals surface area contributed by atoms with E-state index in [1.54, 1.807) is 0 Å². The van der Waals surface area contributed by atoms with Gasteiger partial charge in [-0.15, -0.1) is 11.8 Å². The van der Waals surface area contributed by atoms with Crippen molar-refractivity contribution in [2.75, 3.05) is 0 Å². The number of halogens is 1.